The minimum Gasteiger partial charge on any atom is -0.391 e. The van der Waals surface area contributed by atoms with Gasteiger partial charge in [0.25, 0.3) is 0 Å². The number of hydrogen-bond donors (Lipinski definition) is 3. The molecule has 0 aliphatic carbocycles. The van der Waals surface area contributed by atoms with Crippen molar-refractivity contribution in [3.8, 4) is 11.3 Å². The number of halogens is 2. The van der Waals surface area contributed by atoms with E-state index in [0.29, 0.717) is 4.57 Å². The molecule has 3 N–H and O–H groups in total. The fourth-order valence-electron chi connectivity index (χ4n) is 2.08. The van der Waals surface area contributed by atoms with Gasteiger partial charge in [0.1, 0.15) is 18.5 Å². The minimum atomic E-state index is -2.76. The summed E-state index contributed by atoms with van der Waals surface area (Å²) in [5.74, 6) is 1.93. The number of nitrogens with one attached hydrogen (secondary N) is 1. The summed E-state index contributed by atoms with van der Waals surface area (Å²) in [6.07, 6.45) is -5.39. The van der Waals surface area contributed by atoms with Gasteiger partial charge in [-0.3, -0.25) is 9.55 Å². The number of ether oxygens (including phenoxy) is 1. The fraction of sp³-hybridized carbons (Fsp3) is 0.545. The van der Waals surface area contributed by atoms with E-state index in [0.717, 1.165) is 6.33 Å². The zero-order chi connectivity index (χ0) is 15.8. The lowest BCUT2D eigenvalue weighted by molar-refractivity contribution is -0.0807. The third kappa shape index (κ3) is 2.58. The average molecular weight is 320 g/mol. The van der Waals surface area contributed by atoms with Crippen molar-refractivity contribution >= 4 is 11.6 Å². The first-order chi connectivity index (χ1) is 9.81. The smallest absolute Gasteiger partial charge is 0.350 e. The molecule has 2 heterocycles. The molecule has 0 radical (unpaired) electrons. The predicted molar refractivity (Wildman–Crippen MR) is 68.2 cm³/mol. The van der Waals surface area contributed by atoms with E-state index in [-0.39, 0.29) is 0 Å². The Hall–Kier alpha value is -1.73. The summed E-state index contributed by atoms with van der Waals surface area (Å²) >= 11 is 5.19. The van der Waals surface area contributed by atoms with E-state index in [2.05, 4.69) is 4.98 Å². The van der Waals surface area contributed by atoms with Gasteiger partial charge < -0.3 is 14.9 Å². The number of aromatic amines is 1. The van der Waals surface area contributed by atoms with Crippen molar-refractivity contribution in [2.24, 2.45) is 0 Å². The lowest BCUT2D eigenvalue weighted by Gasteiger charge is -2.23. The number of aliphatic hydroxyl groups is 2. The van der Waals surface area contributed by atoms with Gasteiger partial charge in [-0.1, -0.05) is 0 Å². The fourth-order valence-corrected chi connectivity index (χ4v) is 2.23. The van der Waals surface area contributed by atoms with E-state index in [1.807, 2.05) is 10.9 Å². The molecule has 21 heavy (non-hydrogen) atoms. The lowest BCUT2D eigenvalue weighted by Crippen LogP contribution is -2.46. The molecular weight excluding hydrogens is 309 g/mol. The summed E-state index contributed by atoms with van der Waals surface area (Å²) in [6, 6.07) is 0. The van der Waals surface area contributed by atoms with E-state index < -0.39 is 41.6 Å². The Morgan fingerprint density at radius 1 is 1.67 bits per heavy atom. The van der Waals surface area contributed by atoms with Gasteiger partial charge in [0.2, 0.25) is 5.67 Å². The number of aliphatic hydroxyl groups excluding tert-OH is 2. The third-order valence-electron chi connectivity index (χ3n) is 3.10. The van der Waals surface area contributed by atoms with Crippen molar-refractivity contribution in [2.75, 3.05) is 0 Å². The van der Waals surface area contributed by atoms with Crippen LogP contribution in [0.3, 0.4) is 0 Å². The summed E-state index contributed by atoms with van der Waals surface area (Å²) < 4.78 is 20.7. The average Bonchev–Trinajstić information content (AvgIpc) is 2.64. The molecule has 8 nitrogen and oxygen atoms in total. The van der Waals surface area contributed by atoms with Gasteiger partial charge in [0, 0.05) is 5.38 Å². The standard InChI is InChI=1S/C11H11ClFN3O5/c1-5(17)6-7(18)11(13,2-3-12)8(21-6)16-4-14-9(19)15-10(16)20/h4-8,17-18H,1H3,(H,15,19,20)/t5-,6-,7?,8-,11?/m1/s1. The Kier molecular flexibility index (Phi) is 4.15. The van der Waals surface area contributed by atoms with Crippen LogP contribution in [0.2, 0.25) is 0 Å². The van der Waals surface area contributed by atoms with Crippen molar-refractivity contribution in [3.63, 3.8) is 0 Å². The Bertz CT molecular complexity index is 708. The van der Waals surface area contributed by atoms with Gasteiger partial charge in [0.15, 0.2) is 6.23 Å². The van der Waals surface area contributed by atoms with Crippen LogP contribution >= 0.6 is 11.6 Å². The maximum atomic E-state index is 14.9. The summed E-state index contributed by atoms with van der Waals surface area (Å²) in [7, 11) is 0. The molecule has 0 saturated carbocycles. The summed E-state index contributed by atoms with van der Waals surface area (Å²) in [5.41, 5.74) is -4.68. The molecule has 1 aliphatic heterocycles. The number of alkyl halides is 1. The first-order valence-corrected chi connectivity index (χ1v) is 6.20. The van der Waals surface area contributed by atoms with E-state index >= 15 is 0 Å². The van der Waals surface area contributed by atoms with Gasteiger partial charge in [-0.05, 0) is 24.4 Å². The van der Waals surface area contributed by atoms with Crippen LogP contribution in [0, 0.1) is 11.3 Å². The van der Waals surface area contributed by atoms with Gasteiger partial charge in [-0.15, -0.1) is 0 Å². The van der Waals surface area contributed by atoms with Gasteiger partial charge >= 0.3 is 11.4 Å². The van der Waals surface area contributed by atoms with Crippen LogP contribution in [0.15, 0.2) is 15.9 Å². The second-order valence-electron chi connectivity index (χ2n) is 4.51. The van der Waals surface area contributed by atoms with Crippen LogP contribution in [-0.4, -0.2) is 48.7 Å². The highest BCUT2D eigenvalue weighted by Crippen LogP contribution is 2.41. The summed E-state index contributed by atoms with van der Waals surface area (Å²) in [5, 5.41) is 21.3. The maximum absolute atomic E-state index is 14.9. The molecule has 10 heteroatoms. The van der Waals surface area contributed by atoms with Gasteiger partial charge in [-0.25, -0.2) is 14.0 Å². The molecule has 1 aromatic rings. The van der Waals surface area contributed by atoms with E-state index in [9.17, 15) is 24.2 Å². The van der Waals surface area contributed by atoms with Crippen molar-refractivity contribution in [2.45, 2.75) is 37.1 Å². The number of hydrogen-bond acceptors (Lipinski definition) is 6. The highest BCUT2D eigenvalue weighted by Gasteiger charge is 2.59. The molecule has 5 atom stereocenters. The van der Waals surface area contributed by atoms with Crippen LogP contribution in [0.25, 0.3) is 0 Å². The molecule has 1 fully saturated rings. The van der Waals surface area contributed by atoms with Crippen molar-refractivity contribution in [1.82, 2.24) is 14.5 Å². The van der Waals surface area contributed by atoms with Crippen LogP contribution in [0.4, 0.5) is 4.39 Å². The zero-order valence-corrected chi connectivity index (χ0v) is 11.4. The first kappa shape index (κ1) is 15.7. The number of H-pyrrole nitrogens is 1. The number of rotatable bonds is 2. The molecule has 0 bridgehead atoms. The highest BCUT2D eigenvalue weighted by molar-refractivity contribution is 6.30. The van der Waals surface area contributed by atoms with E-state index in [1.54, 1.807) is 5.38 Å². The largest absolute Gasteiger partial charge is 0.391 e. The summed E-state index contributed by atoms with van der Waals surface area (Å²) in [6.45, 7) is 1.28. The molecule has 1 aromatic heterocycles. The Morgan fingerprint density at radius 3 is 2.86 bits per heavy atom. The van der Waals surface area contributed by atoms with Crippen LogP contribution in [0.1, 0.15) is 13.2 Å². The lowest BCUT2D eigenvalue weighted by atomic mass is 9.95. The minimum absolute atomic E-state index is 0.619. The van der Waals surface area contributed by atoms with E-state index in [1.165, 1.54) is 6.92 Å². The topological polar surface area (TPSA) is 117 Å². The van der Waals surface area contributed by atoms with E-state index in [4.69, 9.17) is 16.3 Å². The number of nitrogens with zero attached hydrogens (tertiary/aromatic N) is 2. The molecule has 2 rings (SSSR count). The monoisotopic (exact) mass is 319 g/mol. The molecule has 114 valence electrons. The second kappa shape index (κ2) is 5.57. The molecule has 0 spiro atoms. The van der Waals surface area contributed by atoms with Gasteiger partial charge in [-0.2, -0.15) is 4.98 Å². The summed E-state index contributed by atoms with van der Waals surface area (Å²) in [4.78, 5) is 27.7. The molecule has 2 unspecified atom stereocenters. The Morgan fingerprint density at radius 2 is 2.33 bits per heavy atom. The van der Waals surface area contributed by atoms with Crippen LogP contribution < -0.4 is 11.4 Å². The molecule has 1 saturated heterocycles. The molecule has 1 aliphatic rings. The first-order valence-electron chi connectivity index (χ1n) is 5.82. The number of aromatic nitrogens is 3. The van der Waals surface area contributed by atoms with Crippen molar-refractivity contribution in [1.29, 1.82) is 0 Å². The van der Waals surface area contributed by atoms with Crippen LogP contribution in [0.5, 0.6) is 0 Å². The third-order valence-corrected chi connectivity index (χ3v) is 3.20. The zero-order valence-electron chi connectivity index (χ0n) is 10.7. The molecule has 0 amide bonds. The van der Waals surface area contributed by atoms with Crippen molar-refractivity contribution < 1.29 is 19.3 Å². The quantitative estimate of drug-likeness (QED) is 0.570. The Balaban J connectivity index is 2.56. The normalized spacial score (nSPS) is 33.3. The SMILES string of the molecule is C[C@@H](O)[C@H]1O[C@@H](n2cnc(=O)[nH]c2=O)C(F)(C#CCl)C1O. The highest BCUT2D eigenvalue weighted by atomic mass is 35.5. The molecular formula is C11H11ClFN3O5. The second-order valence-corrected chi connectivity index (χ2v) is 4.70. The van der Waals surface area contributed by atoms with Gasteiger partial charge in [0.05, 0.1) is 6.10 Å². The van der Waals surface area contributed by atoms with Crippen molar-refractivity contribution in [3.05, 3.63) is 27.3 Å². The maximum Gasteiger partial charge on any atom is 0.350 e. The molecule has 0 aromatic carbocycles. The van der Waals surface area contributed by atoms with Crippen LogP contribution in [-0.2, 0) is 4.74 Å². The predicted octanol–water partition coefficient (Wildman–Crippen LogP) is -1.52. The Labute approximate surface area is 122 Å².